The molecule has 0 saturated heterocycles. The largest absolute Gasteiger partial charge is 0.265 e. The number of nitrogens with zero attached hydrogens (tertiary/aromatic N) is 1. The molecule has 1 aromatic heterocycles. The van der Waals surface area contributed by atoms with Crippen molar-refractivity contribution in [3.05, 3.63) is 37.0 Å². The van der Waals surface area contributed by atoms with Gasteiger partial charge in [-0.1, -0.05) is 13.3 Å². The maximum Gasteiger partial charge on any atom is 0.0270 e. The Morgan fingerprint density at radius 2 is 2.09 bits per heavy atom. The molecule has 0 aliphatic heterocycles. The molecule has 0 aromatic carbocycles. The molecule has 1 heterocycles. The summed E-state index contributed by atoms with van der Waals surface area (Å²) < 4.78 is 0. The minimum atomic E-state index is 0.433. The Bertz CT molecular complexity index is 193. The Morgan fingerprint density at radius 3 is 2.64 bits per heavy atom. The van der Waals surface area contributed by atoms with E-state index in [4.69, 9.17) is 0 Å². The molecular formula is C10H14N. The van der Waals surface area contributed by atoms with Crippen molar-refractivity contribution in [2.75, 3.05) is 0 Å². The summed E-state index contributed by atoms with van der Waals surface area (Å²) in [6.45, 7) is 6.25. The summed E-state index contributed by atoms with van der Waals surface area (Å²) in [6.07, 6.45) is 5.99. The van der Waals surface area contributed by atoms with E-state index in [0.29, 0.717) is 5.92 Å². The van der Waals surface area contributed by atoms with E-state index in [0.717, 1.165) is 6.42 Å². The second kappa shape index (κ2) is 4.12. The molecule has 1 atom stereocenters. The van der Waals surface area contributed by atoms with Gasteiger partial charge in [0.25, 0.3) is 0 Å². The van der Waals surface area contributed by atoms with E-state index >= 15 is 0 Å². The van der Waals surface area contributed by atoms with Gasteiger partial charge in [0.15, 0.2) is 0 Å². The van der Waals surface area contributed by atoms with E-state index < -0.39 is 0 Å². The predicted molar refractivity (Wildman–Crippen MR) is 47.2 cm³/mol. The van der Waals surface area contributed by atoms with E-state index in [1.165, 1.54) is 12.0 Å². The topological polar surface area (TPSA) is 12.9 Å². The highest BCUT2D eigenvalue weighted by molar-refractivity contribution is 5.16. The minimum Gasteiger partial charge on any atom is -0.265 e. The zero-order chi connectivity index (χ0) is 8.10. The molecule has 0 N–H and O–H groups in total. The van der Waals surface area contributed by atoms with Crippen LogP contribution >= 0.6 is 0 Å². The van der Waals surface area contributed by atoms with Crippen molar-refractivity contribution in [3.8, 4) is 0 Å². The Balaban J connectivity index is 2.61. The molecule has 0 bridgehead atoms. The average Bonchev–Trinajstić information content (AvgIpc) is 2.07. The van der Waals surface area contributed by atoms with Crippen LogP contribution in [-0.2, 0) is 0 Å². The molecule has 1 nitrogen and oxygen atoms in total. The molecule has 0 amide bonds. The smallest absolute Gasteiger partial charge is 0.0270 e. The van der Waals surface area contributed by atoms with Gasteiger partial charge in [0.2, 0.25) is 0 Å². The summed E-state index contributed by atoms with van der Waals surface area (Å²) in [6, 6.07) is 4.07. The molecule has 11 heavy (non-hydrogen) atoms. The van der Waals surface area contributed by atoms with E-state index in [1.54, 1.807) is 0 Å². The van der Waals surface area contributed by atoms with Crippen LogP contribution in [0, 0.1) is 6.92 Å². The van der Waals surface area contributed by atoms with Gasteiger partial charge < -0.3 is 0 Å². The van der Waals surface area contributed by atoms with Gasteiger partial charge in [-0.05, 0) is 37.0 Å². The van der Waals surface area contributed by atoms with Crippen LogP contribution in [0.25, 0.3) is 0 Å². The Labute approximate surface area is 68.5 Å². The van der Waals surface area contributed by atoms with Crippen molar-refractivity contribution < 1.29 is 0 Å². The minimum absolute atomic E-state index is 0.433. The van der Waals surface area contributed by atoms with E-state index in [1.807, 2.05) is 24.5 Å². The van der Waals surface area contributed by atoms with Gasteiger partial charge in [-0.15, -0.1) is 0 Å². The molecule has 1 unspecified atom stereocenters. The van der Waals surface area contributed by atoms with Crippen LogP contribution in [-0.4, -0.2) is 4.98 Å². The van der Waals surface area contributed by atoms with Crippen molar-refractivity contribution in [2.45, 2.75) is 25.7 Å². The van der Waals surface area contributed by atoms with Crippen LogP contribution in [0.1, 0.15) is 31.2 Å². The van der Waals surface area contributed by atoms with Crippen LogP contribution < -0.4 is 0 Å². The molecule has 0 saturated carbocycles. The van der Waals surface area contributed by atoms with Gasteiger partial charge in [0.1, 0.15) is 0 Å². The third-order valence-corrected chi connectivity index (χ3v) is 1.81. The lowest BCUT2D eigenvalue weighted by atomic mass is 9.98. The van der Waals surface area contributed by atoms with E-state index in [9.17, 15) is 0 Å². The molecule has 0 fully saturated rings. The van der Waals surface area contributed by atoms with Crippen LogP contribution in [0.3, 0.4) is 0 Å². The van der Waals surface area contributed by atoms with Crippen LogP contribution in [0.2, 0.25) is 0 Å². The molecule has 59 valence electrons. The van der Waals surface area contributed by atoms with Gasteiger partial charge in [0.05, 0.1) is 0 Å². The van der Waals surface area contributed by atoms with Crippen LogP contribution in [0.15, 0.2) is 24.5 Å². The van der Waals surface area contributed by atoms with Crippen molar-refractivity contribution >= 4 is 0 Å². The normalized spacial score (nSPS) is 12.9. The Morgan fingerprint density at radius 1 is 1.45 bits per heavy atom. The summed E-state index contributed by atoms with van der Waals surface area (Å²) in [7, 11) is 0. The maximum absolute atomic E-state index is 4.07. The molecule has 0 aliphatic carbocycles. The van der Waals surface area contributed by atoms with Crippen LogP contribution in [0.4, 0.5) is 0 Å². The maximum atomic E-state index is 4.07. The monoisotopic (exact) mass is 148 g/mol. The van der Waals surface area contributed by atoms with Gasteiger partial charge in [-0.2, -0.15) is 0 Å². The summed E-state index contributed by atoms with van der Waals surface area (Å²) in [5.74, 6) is 0.433. The second-order valence-electron chi connectivity index (χ2n) is 2.77. The highest BCUT2D eigenvalue weighted by Gasteiger charge is 2.01. The molecular weight excluding hydrogens is 134 g/mol. The van der Waals surface area contributed by atoms with E-state index in [-0.39, 0.29) is 0 Å². The number of pyridine rings is 1. The first-order chi connectivity index (χ1) is 5.34. The molecule has 0 aliphatic rings. The van der Waals surface area contributed by atoms with Crippen LogP contribution in [0.5, 0.6) is 0 Å². The van der Waals surface area contributed by atoms with Gasteiger partial charge in [-0.25, -0.2) is 0 Å². The number of hydrogen-bond donors (Lipinski definition) is 0. The van der Waals surface area contributed by atoms with Crippen molar-refractivity contribution in [1.82, 2.24) is 4.98 Å². The van der Waals surface area contributed by atoms with Gasteiger partial charge in [-0.3, -0.25) is 4.98 Å². The van der Waals surface area contributed by atoms with Gasteiger partial charge in [0, 0.05) is 12.4 Å². The summed E-state index contributed by atoms with van der Waals surface area (Å²) >= 11 is 0. The standard InChI is InChI=1S/C10H14N/c1-3-4-9(2)10-5-7-11-8-6-10/h5-9H,2-4H2,1H3. The lowest BCUT2D eigenvalue weighted by molar-refractivity contribution is 0.713. The first kappa shape index (κ1) is 8.25. The van der Waals surface area contributed by atoms with Crippen molar-refractivity contribution in [3.63, 3.8) is 0 Å². The average molecular weight is 148 g/mol. The predicted octanol–water partition coefficient (Wildman–Crippen LogP) is 2.80. The van der Waals surface area contributed by atoms with Gasteiger partial charge >= 0.3 is 0 Å². The lowest BCUT2D eigenvalue weighted by Crippen LogP contribution is -1.92. The first-order valence-corrected chi connectivity index (χ1v) is 4.07. The number of aromatic nitrogens is 1. The number of rotatable bonds is 3. The van der Waals surface area contributed by atoms with Crippen molar-refractivity contribution in [2.24, 2.45) is 0 Å². The number of hydrogen-bond acceptors (Lipinski definition) is 1. The molecule has 1 aromatic rings. The van der Waals surface area contributed by atoms with Crippen molar-refractivity contribution in [1.29, 1.82) is 0 Å². The molecule has 1 radical (unpaired) electrons. The fourth-order valence-corrected chi connectivity index (χ4v) is 1.15. The lowest BCUT2D eigenvalue weighted by Gasteiger charge is -2.08. The summed E-state index contributed by atoms with van der Waals surface area (Å²) in [4.78, 5) is 3.96. The molecule has 1 heteroatoms. The summed E-state index contributed by atoms with van der Waals surface area (Å²) in [5.41, 5.74) is 1.29. The zero-order valence-electron chi connectivity index (χ0n) is 6.96. The quantitative estimate of drug-likeness (QED) is 0.642. The molecule has 1 rings (SSSR count). The fraction of sp³-hybridized carbons (Fsp3) is 0.400. The third kappa shape index (κ3) is 2.34. The third-order valence-electron chi connectivity index (χ3n) is 1.81. The Kier molecular flexibility index (Phi) is 3.09. The molecule has 0 spiro atoms. The fourth-order valence-electron chi connectivity index (χ4n) is 1.15. The Hall–Kier alpha value is -0.850. The highest BCUT2D eigenvalue weighted by atomic mass is 14.6. The summed E-state index contributed by atoms with van der Waals surface area (Å²) in [5, 5.41) is 0. The second-order valence-corrected chi connectivity index (χ2v) is 2.77. The SMILES string of the molecule is [CH2]C(CCC)c1ccncc1. The van der Waals surface area contributed by atoms with E-state index in [2.05, 4.69) is 18.8 Å². The zero-order valence-corrected chi connectivity index (χ0v) is 6.96. The highest BCUT2D eigenvalue weighted by Crippen LogP contribution is 2.18. The first-order valence-electron chi connectivity index (χ1n) is 4.07.